The highest BCUT2D eigenvalue weighted by Gasteiger charge is 2.17. The second kappa shape index (κ2) is 4.62. The van der Waals surface area contributed by atoms with Gasteiger partial charge in [0.05, 0.1) is 31.5 Å². The van der Waals surface area contributed by atoms with E-state index in [4.69, 9.17) is 5.26 Å². The van der Waals surface area contributed by atoms with E-state index in [0.29, 0.717) is 0 Å². The lowest BCUT2D eigenvalue weighted by Crippen LogP contribution is -2.09. The fourth-order valence-corrected chi connectivity index (χ4v) is 2.44. The second-order valence-electron chi connectivity index (χ2n) is 3.72. The summed E-state index contributed by atoms with van der Waals surface area (Å²) in [7, 11) is -1.50. The summed E-state index contributed by atoms with van der Waals surface area (Å²) in [5, 5.41) is 19.6. The van der Waals surface area contributed by atoms with E-state index < -0.39 is 21.2 Å². The maximum Gasteiger partial charge on any atom is 0.271 e. The molecule has 0 unspecified atom stereocenters. The van der Waals surface area contributed by atoms with Crippen molar-refractivity contribution in [2.45, 2.75) is 4.90 Å². The zero-order valence-electron chi connectivity index (χ0n) is 9.67. The number of nitro groups is 1. The Hall–Kier alpha value is -2.53. The predicted octanol–water partition coefficient (Wildman–Crippen LogP) is 1.05. The number of benzene rings is 1. The summed E-state index contributed by atoms with van der Waals surface area (Å²) in [6.07, 6.45) is 2.56. The van der Waals surface area contributed by atoms with E-state index in [-0.39, 0.29) is 27.0 Å². The molecule has 0 aliphatic heterocycles. The molecule has 0 saturated carbocycles. The predicted molar refractivity (Wildman–Crippen MR) is 68.3 cm³/mol. The van der Waals surface area contributed by atoms with Gasteiger partial charge in [0.1, 0.15) is 11.6 Å². The number of nitrogens with one attached hydrogen (secondary N) is 1. The molecule has 0 aliphatic carbocycles. The summed E-state index contributed by atoms with van der Waals surface area (Å²) >= 11 is 0. The Morgan fingerprint density at radius 2 is 2.16 bits per heavy atom. The molecule has 96 valence electrons. The van der Waals surface area contributed by atoms with Gasteiger partial charge in [0.25, 0.3) is 5.69 Å². The first-order valence-corrected chi connectivity index (χ1v) is 6.59. The van der Waals surface area contributed by atoms with Gasteiger partial charge in [-0.15, -0.1) is 0 Å². The molecule has 1 heterocycles. The molecule has 0 bridgehead atoms. The maximum atomic E-state index is 11.9. The van der Waals surface area contributed by atoms with Crippen molar-refractivity contribution in [1.29, 1.82) is 5.26 Å². The first-order valence-electron chi connectivity index (χ1n) is 5.03. The van der Waals surface area contributed by atoms with E-state index in [1.807, 2.05) is 0 Å². The minimum atomic E-state index is -1.50. The monoisotopic (exact) mass is 277 g/mol. The van der Waals surface area contributed by atoms with Crippen LogP contribution in [0.5, 0.6) is 0 Å². The van der Waals surface area contributed by atoms with E-state index in [9.17, 15) is 19.1 Å². The number of aromatic amines is 1. The van der Waals surface area contributed by atoms with Crippen molar-refractivity contribution in [2.75, 3.05) is 6.26 Å². The third-order valence-electron chi connectivity index (χ3n) is 2.58. The van der Waals surface area contributed by atoms with Gasteiger partial charge in [0, 0.05) is 24.6 Å². The molecule has 0 radical (unpaired) electrons. The molecule has 0 fully saturated rings. The fraction of sp³-hybridized carbons (Fsp3) is 0.0909. The Bertz CT molecular complexity index is 819. The highest BCUT2D eigenvalue weighted by Crippen LogP contribution is 2.24. The number of nitro benzene ring substituents is 1. The van der Waals surface area contributed by atoms with Crippen molar-refractivity contribution in [2.24, 2.45) is 0 Å². The largest absolute Gasteiger partial charge is 0.359 e. The van der Waals surface area contributed by atoms with Crippen LogP contribution in [0.15, 0.2) is 28.0 Å². The lowest BCUT2D eigenvalue weighted by Gasteiger charge is -2.04. The molecule has 0 spiro atoms. The van der Waals surface area contributed by atoms with Crippen molar-refractivity contribution in [3.05, 3.63) is 44.2 Å². The van der Waals surface area contributed by atoms with Crippen molar-refractivity contribution in [3.8, 4) is 6.07 Å². The first kappa shape index (κ1) is 12.9. The molecule has 2 rings (SSSR count). The quantitative estimate of drug-likeness (QED) is 0.650. The standard InChI is InChI=1S/C11H7N3O4S/c1-19(18)9-3-7(14(16)17)2-8-10(9)13-5-6(4-12)11(8)15/h2-3,5H,1H3,(H,13,15)/t19-/m0/s1. The van der Waals surface area contributed by atoms with Crippen LogP contribution >= 0.6 is 0 Å². The van der Waals surface area contributed by atoms with Gasteiger partial charge in [-0.1, -0.05) is 0 Å². The van der Waals surface area contributed by atoms with Crippen LogP contribution in [0.25, 0.3) is 10.9 Å². The van der Waals surface area contributed by atoms with Crippen molar-refractivity contribution in [3.63, 3.8) is 0 Å². The van der Waals surface area contributed by atoms with E-state index >= 15 is 0 Å². The molecule has 2 aromatic rings. The number of hydrogen-bond acceptors (Lipinski definition) is 5. The molecule has 19 heavy (non-hydrogen) atoms. The summed E-state index contributed by atoms with van der Waals surface area (Å²) in [6, 6.07) is 3.92. The van der Waals surface area contributed by atoms with Crippen LogP contribution in [-0.2, 0) is 10.8 Å². The minimum absolute atomic E-state index is 0.0153. The van der Waals surface area contributed by atoms with Crippen LogP contribution in [0.4, 0.5) is 5.69 Å². The minimum Gasteiger partial charge on any atom is -0.359 e. The highest BCUT2D eigenvalue weighted by atomic mass is 32.2. The van der Waals surface area contributed by atoms with Crippen molar-refractivity contribution < 1.29 is 9.13 Å². The Morgan fingerprint density at radius 3 is 2.68 bits per heavy atom. The zero-order chi connectivity index (χ0) is 14.2. The summed E-state index contributed by atoms with van der Waals surface area (Å²) in [6.45, 7) is 0. The zero-order valence-corrected chi connectivity index (χ0v) is 10.5. The summed E-state index contributed by atoms with van der Waals surface area (Å²) in [5.74, 6) is 0. The molecule has 7 nitrogen and oxygen atoms in total. The number of hydrogen-bond donors (Lipinski definition) is 1. The highest BCUT2D eigenvalue weighted by molar-refractivity contribution is 7.84. The molecular formula is C11H7N3O4S. The van der Waals surface area contributed by atoms with Crippen LogP contribution in [0, 0.1) is 21.4 Å². The van der Waals surface area contributed by atoms with Gasteiger partial charge in [-0.05, 0) is 0 Å². The molecule has 1 aromatic heterocycles. The summed E-state index contributed by atoms with van der Waals surface area (Å²) in [5.41, 5.74) is -0.860. The van der Waals surface area contributed by atoms with E-state index in [0.717, 1.165) is 12.1 Å². The summed E-state index contributed by atoms with van der Waals surface area (Å²) < 4.78 is 11.6. The smallest absolute Gasteiger partial charge is 0.271 e. The molecule has 1 atom stereocenters. The molecule has 0 aliphatic rings. The fourth-order valence-electron chi connectivity index (χ4n) is 1.70. The van der Waals surface area contributed by atoms with Crippen LogP contribution in [0.2, 0.25) is 0 Å². The van der Waals surface area contributed by atoms with Gasteiger partial charge in [0.2, 0.25) is 5.43 Å². The molecular weight excluding hydrogens is 270 g/mol. The third kappa shape index (κ3) is 2.11. The van der Waals surface area contributed by atoms with Crippen molar-refractivity contribution >= 4 is 27.4 Å². The molecule has 0 amide bonds. The summed E-state index contributed by atoms with van der Waals surface area (Å²) in [4.78, 5) is 24.9. The number of H-pyrrole nitrogens is 1. The number of fused-ring (bicyclic) bond motifs is 1. The Morgan fingerprint density at radius 1 is 1.47 bits per heavy atom. The van der Waals surface area contributed by atoms with Crippen LogP contribution in [-0.4, -0.2) is 20.4 Å². The van der Waals surface area contributed by atoms with Gasteiger partial charge in [-0.25, -0.2) is 0 Å². The Balaban J connectivity index is 3.01. The maximum absolute atomic E-state index is 11.9. The second-order valence-corrected chi connectivity index (χ2v) is 5.07. The number of aromatic nitrogens is 1. The van der Waals surface area contributed by atoms with Crippen LogP contribution < -0.4 is 5.43 Å². The van der Waals surface area contributed by atoms with Crippen LogP contribution in [0.3, 0.4) is 0 Å². The topological polar surface area (TPSA) is 117 Å². The number of rotatable bonds is 2. The Labute approximate surface area is 109 Å². The molecule has 1 N–H and O–H groups in total. The van der Waals surface area contributed by atoms with Gasteiger partial charge in [-0.3, -0.25) is 19.1 Å². The number of nitriles is 1. The van der Waals surface area contributed by atoms with Crippen molar-refractivity contribution in [1.82, 2.24) is 4.98 Å². The normalized spacial score (nSPS) is 12.0. The third-order valence-corrected chi connectivity index (χ3v) is 3.52. The number of non-ortho nitro benzene ring substituents is 1. The van der Waals surface area contributed by atoms with Gasteiger partial charge < -0.3 is 4.98 Å². The lowest BCUT2D eigenvalue weighted by atomic mass is 10.1. The van der Waals surface area contributed by atoms with Gasteiger partial charge >= 0.3 is 0 Å². The Kier molecular flexibility index (Phi) is 3.14. The average molecular weight is 277 g/mol. The van der Waals surface area contributed by atoms with Gasteiger partial charge in [0.15, 0.2) is 0 Å². The molecule has 8 heteroatoms. The SMILES string of the molecule is C[S@](=O)c1cc([N+](=O)[O-])cc2c(=O)c(C#N)c[nH]c12. The lowest BCUT2D eigenvalue weighted by molar-refractivity contribution is -0.384. The number of nitrogens with zero attached hydrogens (tertiary/aromatic N) is 2. The van der Waals surface area contributed by atoms with Crippen LogP contribution in [0.1, 0.15) is 5.56 Å². The van der Waals surface area contributed by atoms with Gasteiger partial charge in [-0.2, -0.15) is 5.26 Å². The van der Waals surface area contributed by atoms with E-state index in [2.05, 4.69) is 4.98 Å². The molecule has 0 saturated heterocycles. The first-order chi connectivity index (χ1) is 8.95. The molecule has 1 aromatic carbocycles. The van der Waals surface area contributed by atoms with E-state index in [1.54, 1.807) is 6.07 Å². The average Bonchev–Trinajstić information content (AvgIpc) is 2.38. The number of pyridine rings is 1. The van der Waals surface area contributed by atoms with E-state index in [1.165, 1.54) is 12.5 Å².